The number of H-pyrrole nitrogens is 1. The van der Waals surface area contributed by atoms with Gasteiger partial charge in [-0.1, -0.05) is 19.3 Å². The lowest BCUT2D eigenvalue weighted by Gasteiger charge is -2.28. The van der Waals surface area contributed by atoms with E-state index in [1.165, 1.54) is 26.2 Å². The summed E-state index contributed by atoms with van der Waals surface area (Å²) in [5.41, 5.74) is 0.116. The maximum absolute atomic E-state index is 12.3. The summed E-state index contributed by atoms with van der Waals surface area (Å²) in [5.74, 6) is -0.0675. The van der Waals surface area contributed by atoms with Crippen LogP contribution in [0.2, 0.25) is 0 Å². The van der Waals surface area contributed by atoms with E-state index in [1.807, 2.05) is 6.92 Å². The average molecular weight is 314 g/mol. The van der Waals surface area contributed by atoms with E-state index in [-0.39, 0.29) is 22.3 Å². The van der Waals surface area contributed by atoms with E-state index >= 15 is 0 Å². The quantitative estimate of drug-likeness (QED) is 0.770. The fraction of sp³-hybridized carbons (Fsp3) is 0.692. The molecule has 1 aliphatic rings. The van der Waals surface area contributed by atoms with Gasteiger partial charge in [0.25, 0.3) is 5.91 Å². The molecule has 0 radical (unpaired) electrons. The van der Waals surface area contributed by atoms with Gasteiger partial charge in [-0.15, -0.1) is 0 Å². The first-order valence-corrected chi connectivity index (χ1v) is 8.74. The zero-order chi connectivity index (χ0) is 15.6. The number of hydrogen-bond acceptors (Lipinski definition) is 4. The van der Waals surface area contributed by atoms with Crippen molar-refractivity contribution in [1.29, 1.82) is 0 Å². The maximum atomic E-state index is 12.3. The minimum atomic E-state index is -3.98. The first-order chi connectivity index (χ1) is 9.80. The molecule has 1 aromatic heterocycles. The van der Waals surface area contributed by atoms with Crippen LogP contribution in [0.1, 0.15) is 55.2 Å². The Morgan fingerprint density at radius 1 is 1.38 bits per heavy atom. The molecule has 118 valence electrons. The lowest BCUT2D eigenvalue weighted by molar-refractivity contribution is 0.0910. The lowest BCUT2D eigenvalue weighted by Crippen LogP contribution is -2.39. The van der Waals surface area contributed by atoms with E-state index in [4.69, 9.17) is 5.14 Å². The van der Waals surface area contributed by atoms with Crippen molar-refractivity contribution >= 4 is 15.9 Å². The van der Waals surface area contributed by atoms with Gasteiger partial charge in [-0.05, 0) is 32.6 Å². The number of aromatic amines is 1. The SMILES string of the molecule is Cc1[nH]nc(C(=O)NC(C)C2CCCCC2)c1S(N)(=O)=O. The highest BCUT2D eigenvalue weighted by Gasteiger charge is 2.28. The van der Waals surface area contributed by atoms with Crippen molar-refractivity contribution in [3.05, 3.63) is 11.4 Å². The normalized spacial score (nSPS) is 18.4. The van der Waals surface area contributed by atoms with Crippen molar-refractivity contribution in [2.75, 3.05) is 0 Å². The van der Waals surface area contributed by atoms with Crippen LogP contribution in [0.3, 0.4) is 0 Å². The Bertz CT molecular complexity index is 617. The highest BCUT2D eigenvalue weighted by Crippen LogP contribution is 2.26. The number of hydrogen-bond donors (Lipinski definition) is 3. The molecule has 21 heavy (non-hydrogen) atoms. The topological polar surface area (TPSA) is 118 Å². The summed E-state index contributed by atoms with van der Waals surface area (Å²) >= 11 is 0. The Balaban J connectivity index is 2.14. The highest BCUT2D eigenvalue weighted by atomic mass is 32.2. The van der Waals surface area contributed by atoms with E-state index in [0.717, 1.165) is 12.8 Å². The molecule has 1 amide bonds. The van der Waals surface area contributed by atoms with Gasteiger partial charge in [0.2, 0.25) is 10.0 Å². The van der Waals surface area contributed by atoms with Crippen molar-refractivity contribution in [3.8, 4) is 0 Å². The number of nitrogens with two attached hydrogens (primary N) is 1. The Kier molecular flexibility index (Phi) is 4.67. The Morgan fingerprint density at radius 2 is 2.00 bits per heavy atom. The van der Waals surface area contributed by atoms with Gasteiger partial charge >= 0.3 is 0 Å². The number of aromatic nitrogens is 2. The van der Waals surface area contributed by atoms with Gasteiger partial charge in [0.1, 0.15) is 4.90 Å². The van der Waals surface area contributed by atoms with Crippen molar-refractivity contribution < 1.29 is 13.2 Å². The third kappa shape index (κ3) is 3.62. The van der Waals surface area contributed by atoms with Crippen molar-refractivity contribution in [2.45, 2.75) is 56.9 Å². The van der Waals surface area contributed by atoms with Crippen LogP contribution in [0.25, 0.3) is 0 Å². The number of primary sulfonamides is 1. The zero-order valence-electron chi connectivity index (χ0n) is 12.3. The summed E-state index contributed by atoms with van der Waals surface area (Å²) < 4.78 is 23.1. The van der Waals surface area contributed by atoms with Crippen molar-refractivity contribution in [2.24, 2.45) is 11.1 Å². The number of carbonyl (C=O) groups excluding carboxylic acids is 1. The van der Waals surface area contributed by atoms with Gasteiger partial charge in [-0.25, -0.2) is 13.6 Å². The van der Waals surface area contributed by atoms with Crippen LogP contribution >= 0.6 is 0 Å². The first kappa shape index (κ1) is 16.0. The van der Waals surface area contributed by atoms with E-state index in [9.17, 15) is 13.2 Å². The largest absolute Gasteiger partial charge is 0.348 e. The second-order valence-electron chi connectivity index (χ2n) is 5.73. The van der Waals surface area contributed by atoms with Crippen LogP contribution in [0.15, 0.2) is 4.90 Å². The second-order valence-corrected chi connectivity index (χ2v) is 7.23. The predicted molar refractivity (Wildman–Crippen MR) is 78.2 cm³/mol. The van der Waals surface area contributed by atoms with E-state index in [1.54, 1.807) is 0 Å². The van der Waals surface area contributed by atoms with Gasteiger partial charge in [0.05, 0.1) is 5.69 Å². The molecule has 0 bridgehead atoms. The molecule has 7 nitrogen and oxygen atoms in total. The molecule has 0 aromatic carbocycles. The minimum Gasteiger partial charge on any atom is -0.348 e. The number of aryl methyl sites for hydroxylation is 1. The van der Waals surface area contributed by atoms with Crippen LogP contribution in [0, 0.1) is 12.8 Å². The van der Waals surface area contributed by atoms with Gasteiger partial charge < -0.3 is 5.32 Å². The Hall–Kier alpha value is -1.41. The standard InChI is InChI=1S/C13H22N4O3S/c1-8(10-6-4-3-5-7-10)15-13(18)11-12(21(14,19)20)9(2)16-17-11/h8,10H,3-7H2,1-2H3,(H,15,18)(H,16,17)(H2,14,19,20). The summed E-state index contributed by atoms with van der Waals surface area (Å²) in [6.07, 6.45) is 5.76. The number of nitrogens with zero attached hydrogens (tertiary/aromatic N) is 1. The molecule has 1 saturated carbocycles. The molecule has 1 atom stereocenters. The summed E-state index contributed by atoms with van der Waals surface area (Å²) in [7, 11) is -3.98. The fourth-order valence-electron chi connectivity index (χ4n) is 2.95. The Morgan fingerprint density at radius 3 is 2.57 bits per heavy atom. The molecule has 1 heterocycles. The molecular weight excluding hydrogens is 292 g/mol. The number of rotatable bonds is 4. The number of carbonyl (C=O) groups is 1. The minimum absolute atomic E-state index is 0.0110. The number of nitrogens with one attached hydrogen (secondary N) is 2. The second kappa shape index (κ2) is 6.15. The lowest BCUT2D eigenvalue weighted by atomic mass is 9.84. The predicted octanol–water partition coefficient (Wildman–Crippen LogP) is 1.06. The molecule has 1 aromatic rings. The monoisotopic (exact) mass is 314 g/mol. The molecule has 0 spiro atoms. The molecule has 1 fully saturated rings. The molecule has 8 heteroatoms. The van der Waals surface area contributed by atoms with Gasteiger partial charge in [-0.3, -0.25) is 9.89 Å². The summed E-state index contributed by atoms with van der Waals surface area (Å²) in [6, 6.07) is -0.0110. The van der Waals surface area contributed by atoms with E-state index in [0.29, 0.717) is 5.92 Å². The van der Waals surface area contributed by atoms with Gasteiger partial charge in [-0.2, -0.15) is 5.10 Å². The molecule has 4 N–H and O–H groups in total. The molecule has 1 unspecified atom stereocenters. The number of amides is 1. The van der Waals surface area contributed by atoms with Gasteiger partial charge in [0, 0.05) is 6.04 Å². The molecule has 2 rings (SSSR count). The third-order valence-corrected chi connectivity index (χ3v) is 5.17. The summed E-state index contributed by atoms with van der Waals surface area (Å²) in [6.45, 7) is 3.47. The molecule has 1 aliphatic carbocycles. The van der Waals surface area contributed by atoms with Crippen LogP contribution < -0.4 is 10.5 Å². The summed E-state index contributed by atoms with van der Waals surface area (Å²) in [4.78, 5) is 12.0. The average Bonchev–Trinajstić information content (AvgIpc) is 2.81. The van der Waals surface area contributed by atoms with Crippen LogP contribution in [-0.4, -0.2) is 30.6 Å². The molecule has 0 saturated heterocycles. The summed E-state index contributed by atoms with van der Waals surface area (Å²) in [5, 5.41) is 14.3. The molecule has 0 aliphatic heterocycles. The fourth-order valence-corrected chi connectivity index (χ4v) is 3.83. The molecular formula is C13H22N4O3S. The van der Waals surface area contributed by atoms with Crippen LogP contribution in [0.5, 0.6) is 0 Å². The van der Waals surface area contributed by atoms with E-state index < -0.39 is 15.9 Å². The van der Waals surface area contributed by atoms with E-state index in [2.05, 4.69) is 15.5 Å². The first-order valence-electron chi connectivity index (χ1n) is 7.19. The number of sulfonamides is 1. The van der Waals surface area contributed by atoms with Crippen LogP contribution in [0.4, 0.5) is 0 Å². The maximum Gasteiger partial charge on any atom is 0.273 e. The van der Waals surface area contributed by atoms with Crippen molar-refractivity contribution in [3.63, 3.8) is 0 Å². The highest BCUT2D eigenvalue weighted by molar-refractivity contribution is 7.89. The zero-order valence-corrected chi connectivity index (χ0v) is 13.2. The third-order valence-electron chi connectivity index (χ3n) is 4.11. The Labute approximate surface area is 124 Å². The smallest absolute Gasteiger partial charge is 0.273 e. The van der Waals surface area contributed by atoms with Crippen LogP contribution in [-0.2, 0) is 10.0 Å². The van der Waals surface area contributed by atoms with Gasteiger partial charge in [0.15, 0.2) is 5.69 Å². The van der Waals surface area contributed by atoms with Crippen molar-refractivity contribution in [1.82, 2.24) is 15.5 Å².